The summed E-state index contributed by atoms with van der Waals surface area (Å²) in [6.45, 7) is 4.09. The molecule has 1 saturated heterocycles. The molecular weight excluding hydrogens is 488 g/mol. The fourth-order valence-corrected chi connectivity index (χ4v) is 6.43. The number of fused-ring (bicyclic) bond motifs is 2. The van der Waals surface area contributed by atoms with Gasteiger partial charge in [0.15, 0.2) is 9.84 Å². The van der Waals surface area contributed by atoms with E-state index in [9.17, 15) is 18.3 Å². The van der Waals surface area contributed by atoms with E-state index in [4.69, 9.17) is 16.3 Å². The second-order valence-electron chi connectivity index (χ2n) is 10.1. The lowest BCUT2D eigenvalue weighted by Gasteiger charge is -2.43. The van der Waals surface area contributed by atoms with Crippen molar-refractivity contribution in [2.75, 3.05) is 30.9 Å². The molecule has 5 rings (SSSR count). The van der Waals surface area contributed by atoms with Crippen molar-refractivity contribution in [1.29, 1.82) is 0 Å². The highest BCUT2D eigenvalue weighted by atomic mass is 35.5. The summed E-state index contributed by atoms with van der Waals surface area (Å²) in [6.07, 6.45) is 3.51. The molecule has 0 radical (unpaired) electrons. The predicted octanol–water partition coefficient (Wildman–Crippen LogP) is 3.41. The quantitative estimate of drug-likeness (QED) is 0.630. The fraction of sp³-hybridized carbons (Fsp3) is 0.500. The summed E-state index contributed by atoms with van der Waals surface area (Å²) in [7, 11) is -3.23. The zero-order valence-electron chi connectivity index (χ0n) is 20.0. The van der Waals surface area contributed by atoms with Gasteiger partial charge in [-0.2, -0.15) is 0 Å². The van der Waals surface area contributed by atoms with E-state index >= 15 is 0 Å². The van der Waals surface area contributed by atoms with Crippen LogP contribution in [0.2, 0.25) is 5.02 Å². The van der Waals surface area contributed by atoms with Crippen LogP contribution in [0.25, 0.3) is 0 Å². The number of nitrogens with zero attached hydrogens (tertiary/aromatic N) is 2. The Hall–Kier alpha value is -2.13. The molecule has 2 fully saturated rings. The summed E-state index contributed by atoms with van der Waals surface area (Å²) in [5.41, 5.74) is 1.39. The molecule has 9 heteroatoms. The number of hydrogen-bond donors (Lipinski definition) is 1. The molecule has 1 unspecified atom stereocenters. The van der Waals surface area contributed by atoms with E-state index in [1.807, 2.05) is 23.1 Å². The Morgan fingerprint density at radius 3 is 2.40 bits per heavy atom. The SMILES string of the molecule is CC(COc1ccc(S(C)(=O)=O)cc1)N1CCC2(CC1)C(=O)N(C1CC(O)C1)c1ccc(Cl)cc12. The van der Waals surface area contributed by atoms with Crippen molar-refractivity contribution in [3.8, 4) is 5.75 Å². The van der Waals surface area contributed by atoms with Crippen molar-refractivity contribution < 1.29 is 23.1 Å². The van der Waals surface area contributed by atoms with Crippen LogP contribution in [0.4, 0.5) is 5.69 Å². The molecule has 2 heterocycles. The van der Waals surface area contributed by atoms with E-state index in [2.05, 4.69) is 11.8 Å². The molecule has 0 bridgehead atoms. The van der Waals surface area contributed by atoms with Crippen molar-refractivity contribution >= 4 is 33.0 Å². The van der Waals surface area contributed by atoms with Crippen LogP contribution < -0.4 is 9.64 Å². The number of halogens is 1. The highest BCUT2D eigenvalue weighted by molar-refractivity contribution is 7.90. The van der Waals surface area contributed by atoms with Crippen LogP contribution >= 0.6 is 11.6 Å². The van der Waals surface area contributed by atoms with E-state index in [1.165, 1.54) is 6.26 Å². The molecule has 35 heavy (non-hydrogen) atoms. The van der Waals surface area contributed by atoms with Gasteiger partial charge in [-0.05, 0) is 93.7 Å². The predicted molar refractivity (Wildman–Crippen MR) is 135 cm³/mol. The molecular formula is C26H31ClN2O5S. The fourth-order valence-electron chi connectivity index (χ4n) is 5.62. The van der Waals surface area contributed by atoms with Crippen LogP contribution in [-0.4, -0.2) is 68.5 Å². The average molecular weight is 519 g/mol. The lowest BCUT2D eigenvalue weighted by atomic mass is 9.73. The largest absolute Gasteiger partial charge is 0.492 e. The van der Waals surface area contributed by atoms with E-state index in [-0.39, 0.29) is 29.0 Å². The summed E-state index contributed by atoms with van der Waals surface area (Å²) in [6, 6.07) is 12.4. The molecule has 1 amide bonds. The number of anilines is 1. The van der Waals surface area contributed by atoms with Crippen molar-refractivity contribution in [3.05, 3.63) is 53.1 Å². The number of ether oxygens (including phenoxy) is 1. The Labute approximate surface area is 211 Å². The molecule has 2 aromatic rings. The molecule has 7 nitrogen and oxygen atoms in total. The van der Waals surface area contributed by atoms with Gasteiger partial charge in [0, 0.05) is 29.0 Å². The Bertz CT molecular complexity index is 1220. The Morgan fingerprint density at radius 1 is 1.14 bits per heavy atom. The van der Waals surface area contributed by atoms with E-state index in [1.54, 1.807) is 24.3 Å². The number of piperidine rings is 1. The molecule has 1 spiro atoms. The molecule has 3 aliphatic rings. The van der Waals surface area contributed by atoms with E-state index < -0.39 is 15.3 Å². The summed E-state index contributed by atoms with van der Waals surface area (Å²) < 4.78 is 29.2. The molecule has 1 saturated carbocycles. The molecule has 188 valence electrons. The van der Waals surface area contributed by atoms with Gasteiger partial charge in [0.05, 0.1) is 16.4 Å². The second kappa shape index (κ2) is 9.07. The number of carbonyl (C=O) groups excluding carboxylic acids is 1. The number of benzene rings is 2. The lowest BCUT2D eigenvalue weighted by molar-refractivity contribution is -0.126. The number of aliphatic hydroxyl groups is 1. The first-order valence-electron chi connectivity index (χ1n) is 12.1. The summed E-state index contributed by atoms with van der Waals surface area (Å²) >= 11 is 6.35. The number of sulfone groups is 1. The average Bonchev–Trinajstić information content (AvgIpc) is 3.03. The number of rotatable bonds is 6. The maximum Gasteiger partial charge on any atom is 0.238 e. The van der Waals surface area contributed by atoms with Gasteiger partial charge >= 0.3 is 0 Å². The van der Waals surface area contributed by atoms with Crippen molar-refractivity contribution in [3.63, 3.8) is 0 Å². The minimum Gasteiger partial charge on any atom is -0.492 e. The number of likely N-dealkylation sites (tertiary alicyclic amines) is 1. The van der Waals surface area contributed by atoms with Gasteiger partial charge in [-0.25, -0.2) is 8.42 Å². The van der Waals surface area contributed by atoms with Gasteiger partial charge in [-0.15, -0.1) is 0 Å². The summed E-state index contributed by atoms with van der Waals surface area (Å²) in [4.78, 5) is 18.3. The van der Waals surface area contributed by atoms with Gasteiger partial charge in [-0.3, -0.25) is 9.69 Å². The smallest absolute Gasteiger partial charge is 0.238 e. The number of aliphatic hydroxyl groups excluding tert-OH is 1. The van der Waals surface area contributed by atoms with Crippen LogP contribution in [0, 0.1) is 0 Å². The summed E-state index contributed by atoms with van der Waals surface area (Å²) in [5.74, 6) is 0.770. The van der Waals surface area contributed by atoms with Gasteiger partial charge in [0.2, 0.25) is 5.91 Å². The minimum absolute atomic E-state index is 0.0521. The first-order chi connectivity index (χ1) is 16.6. The van der Waals surface area contributed by atoms with Crippen LogP contribution in [0.3, 0.4) is 0 Å². The monoisotopic (exact) mass is 518 g/mol. The van der Waals surface area contributed by atoms with Crippen LogP contribution in [0.5, 0.6) is 5.75 Å². The number of hydrogen-bond acceptors (Lipinski definition) is 6. The standard InChI is InChI=1S/C26H31ClN2O5S/c1-17(16-34-21-4-6-22(7-5-21)35(2,32)33)28-11-9-26(10-12-28)23-13-18(27)3-8-24(23)29(25(26)31)19-14-20(30)15-19/h3-8,13,17,19-20,30H,9-12,14-16H2,1-2H3. The molecule has 1 aliphatic carbocycles. The zero-order valence-corrected chi connectivity index (χ0v) is 21.6. The highest BCUT2D eigenvalue weighted by Crippen LogP contribution is 2.51. The maximum absolute atomic E-state index is 13.8. The van der Waals surface area contributed by atoms with Crippen LogP contribution in [0.15, 0.2) is 47.4 Å². The van der Waals surface area contributed by atoms with Gasteiger partial charge in [-0.1, -0.05) is 11.6 Å². The molecule has 0 aromatic heterocycles. The first-order valence-corrected chi connectivity index (χ1v) is 14.3. The number of amides is 1. The third-order valence-corrected chi connectivity index (χ3v) is 9.20. The second-order valence-corrected chi connectivity index (χ2v) is 12.6. The Balaban J connectivity index is 1.25. The Kier molecular flexibility index (Phi) is 6.36. The third kappa shape index (κ3) is 4.46. The molecule has 1 atom stereocenters. The maximum atomic E-state index is 13.8. The molecule has 2 aromatic carbocycles. The Morgan fingerprint density at radius 2 is 1.80 bits per heavy atom. The minimum atomic E-state index is -3.23. The zero-order chi connectivity index (χ0) is 25.0. The first kappa shape index (κ1) is 24.6. The third-order valence-electron chi connectivity index (χ3n) is 7.83. The molecule has 1 N–H and O–H groups in total. The van der Waals surface area contributed by atoms with Gasteiger partial charge in [0.1, 0.15) is 12.4 Å². The van der Waals surface area contributed by atoms with Crippen molar-refractivity contribution in [1.82, 2.24) is 4.90 Å². The van der Waals surface area contributed by atoms with Crippen LogP contribution in [-0.2, 0) is 20.0 Å². The normalized spacial score (nSPS) is 24.8. The number of carbonyl (C=O) groups is 1. The van der Waals surface area contributed by atoms with Crippen LogP contribution in [0.1, 0.15) is 38.2 Å². The van der Waals surface area contributed by atoms with Gasteiger partial charge in [0.25, 0.3) is 0 Å². The summed E-state index contributed by atoms with van der Waals surface area (Å²) in [5, 5.41) is 10.5. The van der Waals surface area contributed by atoms with Gasteiger partial charge < -0.3 is 14.7 Å². The molecule has 2 aliphatic heterocycles. The van der Waals surface area contributed by atoms with Crippen molar-refractivity contribution in [2.45, 2.75) is 61.1 Å². The highest BCUT2D eigenvalue weighted by Gasteiger charge is 2.55. The van der Waals surface area contributed by atoms with E-state index in [0.29, 0.717) is 43.1 Å². The topological polar surface area (TPSA) is 87.2 Å². The van der Waals surface area contributed by atoms with E-state index in [0.717, 1.165) is 24.3 Å². The van der Waals surface area contributed by atoms with Crippen molar-refractivity contribution in [2.24, 2.45) is 0 Å². The lowest BCUT2D eigenvalue weighted by Crippen LogP contribution is -2.55.